The molecule has 0 radical (unpaired) electrons. The summed E-state index contributed by atoms with van der Waals surface area (Å²) in [4.78, 5) is 11.3. The van der Waals surface area contributed by atoms with Crippen molar-refractivity contribution in [3.8, 4) is 0 Å². The molecule has 2 aliphatic rings. The highest BCUT2D eigenvalue weighted by Gasteiger charge is 2.44. The maximum atomic E-state index is 14.8. The molecule has 1 saturated heterocycles. The van der Waals surface area contributed by atoms with E-state index in [0.717, 1.165) is 36.9 Å². The van der Waals surface area contributed by atoms with Crippen molar-refractivity contribution in [1.29, 1.82) is 0 Å². The van der Waals surface area contributed by atoms with Gasteiger partial charge in [-0.05, 0) is 49.0 Å². The second-order valence-electron chi connectivity index (χ2n) is 8.78. The van der Waals surface area contributed by atoms with Gasteiger partial charge in [-0.25, -0.2) is 14.4 Å². The number of rotatable bonds is 6. The lowest BCUT2D eigenvalue weighted by molar-refractivity contribution is 0.194. The van der Waals surface area contributed by atoms with Gasteiger partial charge in [0.05, 0.1) is 5.69 Å². The second kappa shape index (κ2) is 8.16. The number of pyridine rings is 2. The summed E-state index contributed by atoms with van der Waals surface area (Å²) >= 11 is 0. The number of anilines is 2. The number of piperazine rings is 1. The van der Waals surface area contributed by atoms with Gasteiger partial charge in [-0.3, -0.25) is 0 Å². The highest BCUT2D eigenvalue weighted by molar-refractivity contribution is 7.37. The third-order valence-corrected chi connectivity index (χ3v) is 7.79. The molecular weight excluding hydrogens is 384 g/mol. The van der Waals surface area contributed by atoms with Gasteiger partial charge >= 0.3 is 0 Å². The predicted molar refractivity (Wildman–Crippen MR) is 119 cm³/mol. The largest absolute Gasteiger partial charge is 0.383 e. The van der Waals surface area contributed by atoms with E-state index in [1.807, 2.05) is 18.2 Å². The molecule has 3 N–H and O–H groups in total. The summed E-state index contributed by atoms with van der Waals surface area (Å²) in [5.41, 5.74) is 7.50. The molecule has 1 aliphatic heterocycles. The van der Waals surface area contributed by atoms with Gasteiger partial charge in [0.2, 0.25) is 0 Å². The Balaban J connectivity index is 1.62. The zero-order chi connectivity index (χ0) is 20.6. The van der Waals surface area contributed by atoms with Crippen molar-refractivity contribution in [1.82, 2.24) is 15.3 Å². The van der Waals surface area contributed by atoms with E-state index >= 15 is 0 Å². The van der Waals surface area contributed by atoms with E-state index in [-0.39, 0.29) is 16.9 Å². The summed E-state index contributed by atoms with van der Waals surface area (Å²) in [5, 5.41) is 3.71. The fraction of sp³-hybridized carbons (Fsp3) is 0.545. The van der Waals surface area contributed by atoms with Crippen LogP contribution in [0.2, 0.25) is 0 Å². The maximum Gasteiger partial charge on any atom is 0.145 e. The number of hydrogen-bond donors (Lipinski definition) is 2. The second-order valence-corrected chi connectivity index (χ2v) is 9.94. The van der Waals surface area contributed by atoms with Crippen LogP contribution in [0.25, 0.3) is 0 Å². The Hall–Kier alpha value is -1.78. The Bertz CT molecular complexity index is 870. The van der Waals surface area contributed by atoms with Crippen molar-refractivity contribution in [3.63, 3.8) is 0 Å². The smallest absolute Gasteiger partial charge is 0.145 e. The lowest BCUT2D eigenvalue weighted by atomic mass is 9.78. The van der Waals surface area contributed by atoms with Crippen LogP contribution < -0.4 is 16.0 Å². The molecular formula is C22H31FN5P. The first kappa shape index (κ1) is 20.5. The summed E-state index contributed by atoms with van der Waals surface area (Å²) in [6.07, 6.45) is 4.32. The molecule has 0 spiro atoms. The minimum absolute atomic E-state index is 0.176. The van der Waals surface area contributed by atoms with Crippen LogP contribution in [0.5, 0.6) is 0 Å². The number of nitrogens with two attached hydrogens (primary N) is 1. The van der Waals surface area contributed by atoms with Crippen LogP contribution in [0.15, 0.2) is 30.5 Å². The third kappa shape index (κ3) is 4.10. The molecule has 3 unspecified atom stereocenters. The Morgan fingerprint density at radius 2 is 2.10 bits per heavy atom. The third-order valence-electron chi connectivity index (χ3n) is 6.63. The monoisotopic (exact) mass is 415 g/mol. The molecule has 0 amide bonds. The highest BCUT2D eigenvalue weighted by Crippen LogP contribution is 2.48. The molecule has 7 heteroatoms. The van der Waals surface area contributed by atoms with Gasteiger partial charge in [0.1, 0.15) is 17.5 Å². The lowest BCUT2D eigenvalue weighted by Crippen LogP contribution is -2.57. The Labute approximate surface area is 174 Å². The van der Waals surface area contributed by atoms with E-state index < -0.39 is 0 Å². The minimum Gasteiger partial charge on any atom is -0.383 e. The number of hydrogen-bond acceptors (Lipinski definition) is 5. The van der Waals surface area contributed by atoms with Crippen LogP contribution in [0, 0.1) is 17.2 Å². The topological polar surface area (TPSA) is 67.1 Å². The summed E-state index contributed by atoms with van der Waals surface area (Å²) in [6.45, 7) is 9.50. The van der Waals surface area contributed by atoms with Crippen molar-refractivity contribution in [3.05, 3.63) is 47.5 Å². The van der Waals surface area contributed by atoms with E-state index in [1.54, 1.807) is 12.3 Å². The number of nitrogens with zero attached hydrogens (tertiary/aromatic N) is 3. The summed E-state index contributed by atoms with van der Waals surface area (Å²) < 4.78 is 14.8. The van der Waals surface area contributed by atoms with Crippen molar-refractivity contribution in [2.45, 2.75) is 38.4 Å². The minimum atomic E-state index is -0.277. The van der Waals surface area contributed by atoms with Crippen molar-refractivity contribution in [2.24, 2.45) is 11.3 Å². The summed E-state index contributed by atoms with van der Waals surface area (Å²) in [7, 11) is 0.439. The SMILES string of the molecule is CPC(c1cccnc1N)c1nc(N2CCNC(C(C)(C)C3CC3)C2)ccc1F. The Kier molecular flexibility index (Phi) is 5.76. The van der Waals surface area contributed by atoms with Gasteiger partial charge in [-0.1, -0.05) is 19.9 Å². The molecule has 3 atom stereocenters. The van der Waals surface area contributed by atoms with Gasteiger partial charge in [0.25, 0.3) is 0 Å². The van der Waals surface area contributed by atoms with Gasteiger partial charge < -0.3 is 16.0 Å². The quantitative estimate of drug-likeness (QED) is 0.703. The van der Waals surface area contributed by atoms with E-state index in [2.05, 4.69) is 35.7 Å². The Morgan fingerprint density at radius 3 is 2.79 bits per heavy atom. The van der Waals surface area contributed by atoms with E-state index in [1.165, 1.54) is 12.8 Å². The molecule has 2 aromatic rings. The normalized spacial score (nSPS) is 21.7. The van der Waals surface area contributed by atoms with Gasteiger partial charge in [-0.15, -0.1) is 8.58 Å². The first-order valence-electron chi connectivity index (χ1n) is 10.4. The van der Waals surface area contributed by atoms with E-state index in [4.69, 9.17) is 10.7 Å². The molecule has 2 aromatic heterocycles. The summed E-state index contributed by atoms with van der Waals surface area (Å²) in [5.74, 6) is 1.83. The van der Waals surface area contributed by atoms with Crippen molar-refractivity contribution < 1.29 is 4.39 Å². The van der Waals surface area contributed by atoms with E-state index in [9.17, 15) is 4.39 Å². The Morgan fingerprint density at radius 1 is 1.31 bits per heavy atom. The molecule has 1 saturated carbocycles. The van der Waals surface area contributed by atoms with Crippen LogP contribution in [-0.2, 0) is 0 Å². The fourth-order valence-corrected chi connectivity index (χ4v) is 5.54. The number of aromatic nitrogens is 2. The van der Waals surface area contributed by atoms with Gasteiger partial charge in [0.15, 0.2) is 0 Å². The average molecular weight is 415 g/mol. The van der Waals surface area contributed by atoms with Crippen LogP contribution in [-0.4, -0.2) is 42.3 Å². The van der Waals surface area contributed by atoms with Crippen molar-refractivity contribution in [2.75, 3.05) is 36.9 Å². The number of nitrogens with one attached hydrogen (secondary N) is 1. The molecule has 5 nitrogen and oxygen atoms in total. The van der Waals surface area contributed by atoms with E-state index in [0.29, 0.717) is 26.1 Å². The molecule has 156 valence electrons. The molecule has 29 heavy (non-hydrogen) atoms. The molecule has 0 bridgehead atoms. The van der Waals surface area contributed by atoms with Crippen molar-refractivity contribution >= 4 is 20.2 Å². The van der Waals surface area contributed by atoms with Gasteiger partial charge in [0, 0.05) is 43.1 Å². The molecule has 1 aliphatic carbocycles. The molecule has 4 rings (SSSR count). The summed E-state index contributed by atoms with van der Waals surface area (Å²) in [6, 6.07) is 7.56. The first-order valence-corrected chi connectivity index (χ1v) is 12.0. The molecule has 3 heterocycles. The van der Waals surface area contributed by atoms with Crippen LogP contribution >= 0.6 is 8.58 Å². The fourth-order valence-electron chi connectivity index (χ4n) is 4.51. The number of halogens is 1. The standard InChI is InChI=1S/C22H31FN5P/c1-22(2,14-6-7-14)17-13-28(12-11-25-17)18-9-8-16(23)19(27-18)20(29-3)15-5-4-10-26-21(15)24/h4-5,8-10,14,17,20,25,29H,6-7,11-13H2,1-3H3,(H2,24,26). The average Bonchev–Trinajstić information content (AvgIpc) is 3.57. The zero-order valence-corrected chi connectivity index (χ0v) is 18.5. The van der Waals surface area contributed by atoms with Crippen LogP contribution in [0.4, 0.5) is 16.0 Å². The number of nitrogen functional groups attached to an aromatic ring is 1. The van der Waals surface area contributed by atoms with Gasteiger partial charge in [-0.2, -0.15) is 0 Å². The highest BCUT2D eigenvalue weighted by atomic mass is 31.1. The molecule has 0 aromatic carbocycles. The maximum absolute atomic E-state index is 14.8. The zero-order valence-electron chi connectivity index (χ0n) is 17.5. The van der Waals surface area contributed by atoms with Crippen LogP contribution in [0.3, 0.4) is 0 Å². The first-order chi connectivity index (χ1) is 13.9. The van der Waals surface area contributed by atoms with Crippen LogP contribution in [0.1, 0.15) is 43.6 Å². The predicted octanol–water partition coefficient (Wildman–Crippen LogP) is 3.81. The molecule has 2 fully saturated rings. The lowest BCUT2D eigenvalue weighted by Gasteiger charge is -2.43.